The standard InChI is InChI=1S/C7H7N2O2/c1-3-4-5-6(10)9(2)7(11)8-5/h1,5H,2,4H2,(H,8,11). The second kappa shape index (κ2) is 2.62. The average molecular weight is 151 g/mol. The first kappa shape index (κ1) is 7.61. The number of hydrogen-bond donors (Lipinski definition) is 1. The van der Waals surface area contributed by atoms with Gasteiger partial charge in [-0.05, 0) is 0 Å². The number of carbonyl (C=O) groups excluding carboxylic acids is 2. The summed E-state index contributed by atoms with van der Waals surface area (Å²) in [6.07, 6.45) is 5.19. The predicted molar refractivity (Wildman–Crippen MR) is 38.0 cm³/mol. The van der Waals surface area contributed by atoms with Crippen LogP contribution in [0, 0.1) is 19.4 Å². The first-order chi connectivity index (χ1) is 5.16. The second-order valence-corrected chi connectivity index (χ2v) is 2.18. The van der Waals surface area contributed by atoms with Gasteiger partial charge in [0, 0.05) is 13.5 Å². The molecule has 1 N–H and O–H groups in total. The fraction of sp³-hybridized carbons (Fsp3) is 0.286. The van der Waals surface area contributed by atoms with Crippen LogP contribution in [0.1, 0.15) is 6.42 Å². The second-order valence-electron chi connectivity index (χ2n) is 2.18. The van der Waals surface area contributed by atoms with Crippen LogP contribution in [0.25, 0.3) is 0 Å². The van der Waals surface area contributed by atoms with E-state index < -0.39 is 12.1 Å². The lowest BCUT2D eigenvalue weighted by Gasteiger charge is -2.01. The third-order valence-corrected chi connectivity index (χ3v) is 1.43. The molecule has 1 atom stereocenters. The Bertz CT molecular complexity index is 241. The molecule has 1 fully saturated rings. The maximum absolute atomic E-state index is 11.0. The van der Waals surface area contributed by atoms with Gasteiger partial charge in [0.1, 0.15) is 6.04 Å². The highest BCUT2D eigenvalue weighted by molar-refractivity contribution is 6.04. The molecule has 1 unspecified atom stereocenters. The maximum atomic E-state index is 11.0. The number of nitrogens with zero attached hydrogens (tertiary/aromatic N) is 1. The van der Waals surface area contributed by atoms with Crippen LogP contribution in [0.5, 0.6) is 0 Å². The fourth-order valence-electron chi connectivity index (χ4n) is 0.833. The van der Waals surface area contributed by atoms with Crippen molar-refractivity contribution >= 4 is 11.9 Å². The van der Waals surface area contributed by atoms with Crippen LogP contribution in [0.15, 0.2) is 0 Å². The number of hydrogen-bond acceptors (Lipinski definition) is 2. The molecule has 0 aromatic heterocycles. The minimum atomic E-state index is -0.579. The Labute approximate surface area is 64.6 Å². The van der Waals surface area contributed by atoms with Crippen molar-refractivity contribution in [3.05, 3.63) is 7.05 Å². The summed E-state index contributed by atoms with van der Waals surface area (Å²) in [5.74, 6) is 1.92. The number of rotatable bonds is 1. The van der Waals surface area contributed by atoms with E-state index >= 15 is 0 Å². The Balaban J connectivity index is 2.69. The highest BCUT2D eigenvalue weighted by Gasteiger charge is 2.34. The number of urea groups is 1. The van der Waals surface area contributed by atoms with Gasteiger partial charge in [-0.1, -0.05) is 0 Å². The molecule has 1 heterocycles. The number of carbonyl (C=O) groups is 2. The summed E-state index contributed by atoms with van der Waals surface area (Å²) in [6, 6.07) is -1.07. The molecule has 11 heavy (non-hydrogen) atoms. The van der Waals surface area contributed by atoms with E-state index in [2.05, 4.69) is 18.3 Å². The van der Waals surface area contributed by atoms with E-state index in [-0.39, 0.29) is 12.3 Å². The van der Waals surface area contributed by atoms with E-state index in [9.17, 15) is 9.59 Å². The molecule has 1 aliphatic heterocycles. The molecule has 1 rings (SSSR count). The Morgan fingerprint density at radius 3 is 2.73 bits per heavy atom. The van der Waals surface area contributed by atoms with Crippen LogP contribution in [0.4, 0.5) is 4.79 Å². The number of nitrogens with one attached hydrogen (secondary N) is 1. The first-order valence-corrected chi connectivity index (χ1v) is 3.05. The topological polar surface area (TPSA) is 49.4 Å². The molecule has 57 valence electrons. The van der Waals surface area contributed by atoms with Gasteiger partial charge in [-0.3, -0.25) is 9.69 Å². The van der Waals surface area contributed by atoms with Gasteiger partial charge in [0.25, 0.3) is 5.91 Å². The molecule has 1 radical (unpaired) electrons. The van der Waals surface area contributed by atoms with E-state index in [1.54, 1.807) is 0 Å². The van der Waals surface area contributed by atoms with Crippen LogP contribution in [0.3, 0.4) is 0 Å². The van der Waals surface area contributed by atoms with Crippen molar-refractivity contribution in [3.8, 4) is 12.3 Å². The van der Waals surface area contributed by atoms with Crippen LogP contribution in [-0.2, 0) is 4.79 Å². The summed E-state index contributed by atoms with van der Waals surface area (Å²) >= 11 is 0. The van der Waals surface area contributed by atoms with Crippen molar-refractivity contribution in [2.45, 2.75) is 12.5 Å². The quantitative estimate of drug-likeness (QED) is 0.414. The normalized spacial score (nSPS) is 23.3. The van der Waals surface area contributed by atoms with Crippen molar-refractivity contribution in [3.63, 3.8) is 0 Å². The molecule has 0 bridgehead atoms. The molecule has 4 heteroatoms. The number of terminal acetylenes is 1. The minimum absolute atomic E-state index is 0.219. The average Bonchev–Trinajstić information content (AvgIpc) is 2.19. The number of amides is 3. The molecule has 3 amide bonds. The van der Waals surface area contributed by atoms with Gasteiger partial charge >= 0.3 is 6.03 Å². The molecule has 1 aliphatic rings. The van der Waals surface area contributed by atoms with E-state index in [4.69, 9.17) is 6.42 Å². The van der Waals surface area contributed by atoms with Gasteiger partial charge in [-0.25, -0.2) is 4.79 Å². The zero-order chi connectivity index (χ0) is 8.43. The van der Waals surface area contributed by atoms with Gasteiger partial charge in [-0.15, -0.1) is 12.3 Å². The van der Waals surface area contributed by atoms with E-state index in [1.807, 2.05) is 0 Å². The van der Waals surface area contributed by atoms with Crippen LogP contribution < -0.4 is 5.32 Å². The van der Waals surface area contributed by atoms with Crippen LogP contribution in [-0.4, -0.2) is 22.9 Å². The summed E-state index contributed by atoms with van der Waals surface area (Å²) in [4.78, 5) is 22.5. The van der Waals surface area contributed by atoms with Crippen LogP contribution in [0.2, 0.25) is 0 Å². The SMILES string of the molecule is C#CCC1NC(=O)N([CH2])C1=O. The zero-order valence-corrected chi connectivity index (χ0v) is 5.83. The molecule has 0 aromatic rings. The molecule has 0 aliphatic carbocycles. The Hall–Kier alpha value is -1.50. The summed E-state index contributed by atoms with van der Waals surface area (Å²) in [5, 5.41) is 2.39. The van der Waals surface area contributed by atoms with Gasteiger partial charge in [0.2, 0.25) is 0 Å². The number of imide groups is 1. The fourth-order valence-corrected chi connectivity index (χ4v) is 0.833. The van der Waals surface area contributed by atoms with Crippen LogP contribution >= 0.6 is 0 Å². The summed E-state index contributed by atoms with van der Waals surface area (Å²) in [6.45, 7) is 0. The van der Waals surface area contributed by atoms with Crippen molar-refractivity contribution in [1.29, 1.82) is 0 Å². The van der Waals surface area contributed by atoms with Crippen molar-refractivity contribution in [2.75, 3.05) is 0 Å². The van der Waals surface area contributed by atoms with E-state index in [0.717, 1.165) is 4.90 Å². The van der Waals surface area contributed by atoms with Crippen molar-refractivity contribution in [1.82, 2.24) is 10.2 Å². The van der Waals surface area contributed by atoms with Gasteiger partial charge < -0.3 is 5.32 Å². The molecular weight excluding hydrogens is 144 g/mol. The van der Waals surface area contributed by atoms with Gasteiger partial charge in [-0.2, -0.15) is 0 Å². The first-order valence-electron chi connectivity index (χ1n) is 3.05. The van der Waals surface area contributed by atoms with Crippen molar-refractivity contribution in [2.24, 2.45) is 0 Å². The summed E-state index contributed by atoms with van der Waals surface area (Å²) in [5.41, 5.74) is 0. The zero-order valence-electron chi connectivity index (χ0n) is 5.83. The predicted octanol–water partition coefficient (Wildman–Crippen LogP) is -0.278. The Morgan fingerprint density at radius 1 is 1.73 bits per heavy atom. The Kier molecular flexibility index (Phi) is 1.81. The molecule has 4 nitrogen and oxygen atoms in total. The minimum Gasteiger partial charge on any atom is -0.325 e. The van der Waals surface area contributed by atoms with E-state index in [0.29, 0.717) is 0 Å². The molecule has 0 spiro atoms. The lowest BCUT2D eigenvalue weighted by molar-refractivity contribution is -0.125. The highest BCUT2D eigenvalue weighted by Crippen LogP contribution is 2.06. The molecular formula is C7H7N2O2. The van der Waals surface area contributed by atoms with Gasteiger partial charge in [0.15, 0.2) is 0 Å². The Morgan fingerprint density at radius 2 is 2.36 bits per heavy atom. The largest absolute Gasteiger partial charge is 0.325 e. The lowest BCUT2D eigenvalue weighted by atomic mass is 10.2. The maximum Gasteiger partial charge on any atom is 0.324 e. The van der Waals surface area contributed by atoms with Crippen molar-refractivity contribution < 1.29 is 9.59 Å². The third-order valence-electron chi connectivity index (χ3n) is 1.43. The van der Waals surface area contributed by atoms with Gasteiger partial charge in [0.05, 0.1) is 0 Å². The third kappa shape index (κ3) is 1.17. The molecule has 0 saturated carbocycles. The highest BCUT2D eigenvalue weighted by atomic mass is 16.2. The molecule has 1 saturated heterocycles. The summed E-state index contributed by atoms with van der Waals surface area (Å²) in [7, 11) is 3.24. The molecule has 0 aromatic carbocycles. The summed E-state index contributed by atoms with van der Waals surface area (Å²) < 4.78 is 0. The lowest BCUT2D eigenvalue weighted by Crippen LogP contribution is -2.27. The monoisotopic (exact) mass is 151 g/mol. The van der Waals surface area contributed by atoms with E-state index in [1.165, 1.54) is 0 Å². The smallest absolute Gasteiger partial charge is 0.324 e.